The minimum atomic E-state index is 0.604. The van der Waals surface area contributed by atoms with Crippen LogP contribution in [0.4, 0.5) is 0 Å². The molecule has 4 nitrogen and oxygen atoms in total. The Balaban J connectivity index is 2.26. The minimum absolute atomic E-state index is 0.604. The van der Waals surface area contributed by atoms with Gasteiger partial charge in [0, 0.05) is 20.1 Å². The predicted octanol–water partition coefficient (Wildman–Crippen LogP) is 1.61. The number of nitrogens with zero attached hydrogens (tertiary/aromatic N) is 1. The summed E-state index contributed by atoms with van der Waals surface area (Å²) in [4.78, 5) is 4.20. The Morgan fingerprint density at radius 3 is 3.00 bits per heavy atom. The molecule has 0 amide bonds. The van der Waals surface area contributed by atoms with Crippen molar-refractivity contribution < 1.29 is 9.15 Å². The van der Waals surface area contributed by atoms with Crippen LogP contribution in [0.25, 0.3) is 0 Å². The van der Waals surface area contributed by atoms with Gasteiger partial charge >= 0.3 is 0 Å². The van der Waals surface area contributed by atoms with Crippen molar-refractivity contribution in [1.29, 1.82) is 0 Å². The highest BCUT2D eigenvalue weighted by Crippen LogP contribution is 2.09. The zero-order chi connectivity index (χ0) is 11.1. The average Bonchev–Trinajstić information content (AvgIpc) is 2.59. The van der Waals surface area contributed by atoms with Gasteiger partial charge in [0.1, 0.15) is 5.76 Å². The molecule has 0 unspecified atom stereocenters. The van der Waals surface area contributed by atoms with Gasteiger partial charge in [-0.3, -0.25) is 0 Å². The van der Waals surface area contributed by atoms with E-state index >= 15 is 0 Å². The third-order valence-electron chi connectivity index (χ3n) is 1.97. The van der Waals surface area contributed by atoms with Gasteiger partial charge in [0.2, 0.25) is 5.89 Å². The van der Waals surface area contributed by atoms with Crippen LogP contribution in [0.15, 0.2) is 10.6 Å². The van der Waals surface area contributed by atoms with Crippen molar-refractivity contribution in [2.45, 2.75) is 26.8 Å². The molecule has 0 aliphatic heterocycles. The van der Waals surface area contributed by atoms with E-state index in [2.05, 4.69) is 24.1 Å². The second-order valence-electron chi connectivity index (χ2n) is 3.99. The number of methoxy groups -OCH3 is 1. The zero-order valence-corrected chi connectivity index (χ0v) is 9.75. The highest BCUT2D eigenvalue weighted by molar-refractivity contribution is 4.94. The first-order valence-corrected chi connectivity index (χ1v) is 5.35. The van der Waals surface area contributed by atoms with E-state index in [0.717, 1.165) is 24.6 Å². The summed E-state index contributed by atoms with van der Waals surface area (Å²) in [5.74, 6) is 2.32. The summed E-state index contributed by atoms with van der Waals surface area (Å²) in [7, 11) is 1.69. The average molecular weight is 212 g/mol. The second-order valence-corrected chi connectivity index (χ2v) is 3.99. The molecule has 1 heterocycles. The fraction of sp³-hybridized carbons (Fsp3) is 0.727. The lowest BCUT2D eigenvalue weighted by molar-refractivity contribution is 0.198. The third kappa shape index (κ3) is 4.95. The molecule has 0 fully saturated rings. The number of hydrogen-bond donors (Lipinski definition) is 1. The van der Waals surface area contributed by atoms with Crippen LogP contribution in [0.2, 0.25) is 0 Å². The first-order chi connectivity index (χ1) is 7.22. The number of ether oxygens (including phenoxy) is 1. The van der Waals surface area contributed by atoms with Gasteiger partial charge in [0.05, 0.1) is 19.3 Å². The fourth-order valence-electron chi connectivity index (χ4n) is 1.30. The van der Waals surface area contributed by atoms with Crippen molar-refractivity contribution in [3.63, 3.8) is 0 Å². The van der Waals surface area contributed by atoms with Gasteiger partial charge < -0.3 is 14.5 Å². The largest absolute Gasteiger partial charge is 0.444 e. The quantitative estimate of drug-likeness (QED) is 0.697. The van der Waals surface area contributed by atoms with Crippen molar-refractivity contribution in [2.75, 3.05) is 20.3 Å². The fourth-order valence-corrected chi connectivity index (χ4v) is 1.30. The molecule has 0 spiro atoms. The van der Waals surface area contributed by atoms with E-state index in [4.69, 9.17) is 9.15 Å². The third-order valence-corrected chi connectivity index (χ3v) is 1.97. The number of rotatable bonds is 7. The Bertz CT molecular complexity index is 271. The summed E-state index contributed by atoms with van der Waals surface area (Å²) in [6.07, 6.45) is 2.76. The molecule has 1 rings (SSSR count). The van der Waals surface area contributed by atoms with Gasteiger partial charge in [-0.15, -0.1) is 0 Å². The van der Waals surface area contributed by atoms with Crippen molar-refractivity contribution in [2.24, 2.45) is 5.92 Å². The number of hydrogen-bond acceptors (Lipinski definition) is 4. The highest BCUT2D eigenvalue weighted by Gasteiger charge is 2.05. The maximum absolute atomic E-state index is 5.56. The maximum atomic E-state index is 5.56. The molecule has 0 atom stereocenters. The molecule has 0 radical (unpaired) electrons. The van der Waals surface area contributed by atoms with E-state index in [0.29, 0.717) is 19.1 Å². The van der Waals surface area contributed by atoms with E-state index in [1.165, 1.54) is 0 Å². The Morgan fingerprint density at radius 1 is 1.53 bits per heavy atom. The van der Waals surface area contributed by atoms with Gasteiger partial charge in [-0.1, -0.05) is 13.8 Å². The first-order valence-electron chi connectivity index (χ1n) is 5.35. The van der Waals surface area contributed by atoms with Gasteiger partial charge in [0.15, 0.2) is 0 Å². The summed E-state index contributed by atoms with van der Waals surface area (Å²) in [6, 6.07) is 0. The Labute approximate surface area is 91.0 Å². The summed E-state index contributed by atoms with van der Waals surface area (Å²) >= 11 is 0. The van der Waals surface area contributed by atoms with Gasteiger partial charge in [0.25, 0.3) is 0 Å². The lowest BCUT2D eigenvalue weighted by Gasteiger charge is -2.01. The van der Waals surface area contributed by atoms with Crippen molar-refractivity contribution in [1.82, 2.24) is 10.3 Å². The Hall–Kier alpha value is -0.870. The molecule has 0 aromatic carbocycles. The number of oxazole rings is 1. The molecule has 0 saturated heterocycles. The molecule has 1 aromatic heterocycles. The summed E-state index contributed by atoms with van der Waals surface area (Å²) in [5.41, 5.74) is 0. The molecule has 1 N–H and O–H groups in total. The van der Waals surface area contributed by atoms with E-state index < -0.39 is 0 Å². The monoisotopic (exact) mass is 212 g/mol. The van der Waals surface area contributed by atoms with Crippen molar-refractivity contribution in [3.8, 4) is 0 Å². The molecule has 0 bridgehead atoms. The van der Waals surface area contributed by atoms with Crippen LogP contribution in [-0.2, 0) is 17.7 Å². The van der Waals surface area contributed by atoms with Gasteiger partial charge in [-0.25, -0.2) is 4.98 Å². The van der Waals surface area contributed by atoms with Crippen molar-refractivity contribution in [3.05, 3.63) is 17.8 Å². The number of aromatic nitrogens is 1. The predicted molar refractivity (Wildman–Crippen MR) is 58.6 cm³/mol. The second kappa shape index (κ2) is 6.58. The van der Waals surface area contributed by atoms with Crippen LogP contribution in [0, 0.1) is 5.92 Å². The van der Waals surface area contributed by atoms with Crippen LogP contribution >= 0.6 is 0 Å². The van der Waals surface area contributed by atoms with Crippen LogP contribution in [0.1, 0.15) is 25.5 Å². The zero-order valence-electron chi connectivity index (χ0n) is 9.75. The van der Waals surface area contributed by atoms with Gasteiger partial charge in [-0.05, 0) is 5.92 Å². The first kappa shape index (κ1) is 12.2. The van der Waals surface area contributed by atoms with E-state index in [1.807, 2.05) is 6.20 Å². The molecule has 0 aliphatic rings. The molecule has 86 valence electrons. The standard InChI is InChI=1S/C11H20N2O2/c1-9(2)6-10-7-13-11(15-10)8-12-4-5-14-3/h7,9,12H,4-6,8H2,1-3H3. The topological polar surface area (TPSA) is 47.3 Å². The van der Waals surface area contributed by atoms with E-state index in [-0.39, 0.29) is 0 Å². The smallest absolute Gasteiger partial charge is 0.208 e. The molecular formula is C11H20N2O2. The Morgan fingerprint density at radius 2 is 2.33 bits per heavy atom. The SMILES string of the molecule is COCCNCc1ncc(CC(C)C)o1. The minimum Gasteiger partial charge on any atom is -0.444 e. The maximum Gasteiger partial charge on any atom is 0.208 e. The number of nitrogens with one attached hydrogen (secondary N) is 1. The summed E-state index contributed by atoms with van der Waals surface area (Å²) < 4.78 is 10.5. The molecule has 15 heavy (non-hydrogen) atoms. The highest BCUT2D eigenvalue weighted by atomic mass is 16.5. The molecule has 0 saturated carbocycles. The van der Waals surface area contributed by atoms with E-state index in [9.17, 15) is 0 Å². The molecule has 4 heteroatoms. The summed E-state index contributed by atoms with van der Waals surface area (Å²) in [5, 5.41) is 3.19. The molecular weight excluding hydrogens is 192 g/mol. The Kier molecular flexibility index (Phi) is 5.36. The molecule has 0 aliphatic carbocycles. The van der Waals surface area contributed by atoms with Crippen LogP contribution in [0.5, 0.6) is 0 Å². The normalized spacial score (nSPS) is 11.2. The van der Waals surface area contributed by atoms with Crippen molar-refractivity contribution >= 4 is 0 Å². The summed E-state index contributed by atoms with van der Waals surface area (Å²) in [6.45, 7) is 6.53. The van der Waals surface area contributed by atoms with Crippen LogP contribution < -0.4 is 5.32 Å². The van der Waals surface area contributed by atoms with E-state index in [1.54, 1.807) is 7.11 Å². The van der Waals surface area contributed by atoms with Crippen LogP contribution in [-0.4, -0.2) is 25.2 Å². The lowest BCUT2D eigenvalue weighted by Crippen LogP contribution is -2.18. The van der Waals surface area contributed by atoms with Crippen LogP contribution in [0.3, 0.4) is 0 Å². The molecule has 1 aromatic rings. The lowest BCUT2D eigenvalue weighted by atomic mass is 10.1. The van der Waals surface area contributed by atoms with Gasteiger partial charge in [-0.2, -0.15) is 0 Å².